The van der Waals surface area contributed by atoms with Crippen LogP contribution in [0.4, 0.5) is 11.4 Å². The van der Waals surface area contributed by atoms with Crippen LogP contribution in [0.3, 0.4) is 0 Å². The van der Waals surface area contributed by atoms with Crippen molar-refractivity contribution in [1.82, 2.24) is 5.48 Å². The minimum atomic E-state index is -0.552. The van der Waals surface area contributed by atoms with Gasteiger partial charge in [0.25, 0.3) is 5.91 Å². The number of amides is 1. The van der Waals surface area contributed by atoms with E-state index in [4.69, 9.17) is 5.21 Å². The van der Waals surface area contributed by atoms with Crippen molar-refractivity contribution in [2.45, 2.75) is 12.8 Å². The predicted molar refractivity (Wildman–Crippen MR) is 128 cm³/mol. The minimum Gasteiger partial charge on any atom is -0.386 e. The Kier molecular flexibility index (Phi) is 12.5. The number of allylic oxidation sites excluding steroid dienone is 4. The number of rotatable bonds is 10. The summed E-state index contributed by atoms with van der Waals surface area (Å²) in [5.74, 6) is -0.552. The van der Waals surface area contributed by atoms with Crippen LogP contribution in [0.25, 0.3) is 6.08 Å². The Morgan fingerprint density at radius 1 is 1.03 bits per heavy atom. The second-order valence-electron chi connectivity index (χ2n) is 6.24. The van der Waals surface area contributed by atoms with E-state index in [2.05, 4.69) is 48.1 Å². The van der Waals surface area contributed by atoms with Crippen LogP contribution in [-0.4, -0.2) is 24.7 Å². The Bertz CT molecular complexity index is 833. The molecule has 0 fully saturated rings. The number of carbonyl (C=O) groups is 1. The molecular formula is C25H31N3O2. The molecule has 0 aromatic heterocycles. The summed E-state index contributed by atoms with van der Waals surface area (Å²) in [5.41, 5.74) is 5.77. The van der Waals surface area contributed by atoms with Gasteiger partial charge in [-0.1, -0.05) is 73.9 Å². The molecule has 4 N–H and O–H groups in total. The third-order valence-electron chi connectivity index (χ3n) is 4.03. The van der Waals surface area contributed by atoms with Gasteiger partial charge in [-0.05, 0) is 42.2 Å². The molecule has 2 rings (SSSR count). The first-order valence-corrected chi connectivity index (χ1v) is 9.76. The van der Waals surface area contributed by atoms with Gasteiger partial charge in [0.1, 0.15) is 0 Å². The van der Waals surface area contributed by atoms with Crippen LogP contribution in [0, 0.1) is 0 Å². The molecule has 0 aliphatic carbocycles. The van der Waals surface area contributed by atoms with Gasteiger partial charge in [-0.15, -0.1) is 0 Å². The summed E-state index contributed by atoms with van der Waals surface area (Å²) in [5, 5.41) is 15.1. The molecule has 0 bridgehead atoms. The van der Waals surface area contributed by atoms with E-state index in [-0.39, 0.29) is 0 Å². The van der Waals surface area contributed by atoms with Gasteiger partial charge in [0.2, 0.25) is 0 Å². The summed E-state index contributed by atoms with van der Waals surface area (Å²) in [6, 6.07) is 16.3. The number of aryl methyl sites for hydroxylation is 1. The number of carbonyl (C=O) groups excluding carboxylic acids is 1. The third kappa shape index (κ3) is 10.1. The number of hydroxylamine groups is 1. The molecular weight excluding hydrogens is 374 g/mol. The van der Waals surface area contributed by atoms with E-state index in [0.717, 1.165) is 36.3 Å². The molecule has 0 spiro atoms. The highest BCUT2D eigenvalue weighted by Crippen LogP contribution is 2.23. The van der Waals surface area contributed by atoms with Crippen molar-refractivity contribution >= 4 is 23.4 Å². The quantitative estimate of drug-likeness (QED) is 0.144. The second kappa shape index (κ2) is 15.4. The Hall–Kier alpha value is -3.57. The fourth-order valence-electron chi connectivity index (χ4n) is 2.55. The van der Waals surface area contributed by atoms with Gasteiger partial charge < -0.3 is 10.6 Å². The molecule has 2 aromatic rings. The standard InChI is InChI=1S/C19H23N3O2.C6H8/c1-20-18-14-16(10-12-19(23)22-24)9-11-17(18)21-13-5-8-15-6-3-2-4-7-15;1-3-5-6-4-2/h2-4,6-7,9-12,14,20-21,24H,5,8,13H2,1H3,(H,22,23);3-6H,1-2H2/b12-10+;6-5-. The molecule has 1 amide bonds. The van der Waals surface area contributed by atoms with Gasteiger partial charge in [0, 0.05) is 19.7 Å². The van der Waals surface area contributed by atoms with E-state index >= 15 is 0 Å². The van der Waals surface area contributed by atoms with Crippen LogP contribution >= 0.6 is 0 Å². The number of hydrogen-bond acceptors (Lipinski definition) is 4. The smallest absolute Gasteiger partial charge is 0.267 e. The zero-order valence-electron chi connectivity index (χ0n) is 17.5. The molecule has 0 aliphatic rings. The van der Waals surface area contributed by atoms with Crippen molar-refractivity contribution in [3.05, 3.63) is 103 Å². The fraction of sp³-hybridized carbons (Fsp3) is 0.160. The number of hydrogen-bond donors (Lipinski definition) is 4. The van der Waals surface area contributed by atoms with Crippen molar-refractivity contribution in [3.63, 3.8) is 0 Å². The monoisotopic (exact) mass is 405 g/mol. The van der Waals surface area contributed by atoms with Crippen molar-refractivity contribution in [2.75, 3.05) is 24.2 Å². The SMILES string of the molecule is C=C/C=C\C=C.CNc1cc(/C=C/C(=O)NO)ccc1NCCCc1ccccc1. The lowest BCUT2D eigenvalue weighted by Gasteiger charge is -2.12. The lowest BCUT2D eigenvalue weighted by molar-refractivity contribution is -0.124. The molecule has 0 heterocycles. The number of benzene rings is 2. The van der Waals surface area contributed by atoms with E-state index in [9.17, 15) is 4.79 Å². The highest BCUT2D eigenvalue weighted by molar-refractivity contribution is 5.91. The summed E-state index contributed by atoms with van der Waals surface area (Å²) >= 11 is 0. The van der Waals surface area contributed by atoms with Crippen LogP contribution in [0.2, 0.25) is 0 Å². The van der Waals surface area contributed by atoms with E-state index in [1.165, 1.54) is 11.6 Å². The molecule has 158 valence electrons. The molecule has 0 unspecified atom stereocenters. The second-order valence-corrected chi connectivity index (χ2v) is 6.24. The maximum Gasteiger partial charge on any atom is 0.267 e. The fourth-order valence-corrected chi connectivity index (χ4v) is 2.55. The van der Waals surface area contributed by atoms with E-state index in [1.54, 1.807) is 23.7 Å². The molecule has 5 heteroatoms. The molecule has 5 nitrogen and oxygen atoms in total. The van der Waals surface area contributed by atoms with Gasteiger partial charge in [-0.3, -0.25) is 10.0 Å². The molecule has 0 saturated heterocycles. The van der Waals surface area contributed by atoms with Gasteiger partial charge >= 0.3 is 0 Å². The number of anilines is 2. The maximum atomic E-state index is 11.0. The Balaban J connectivity index is 0.000000656. The summed E-state index contributed by atoms with van der Waals surface area (Å²) < 4.78 is 0. The number of nitrogens with one attached hydrogen (secondary N) is 3. The minimum absolute atomic E-state index is 0.552. The summed E-state index contributed by atoms with van der Waals surface area (Å²) in [6.07, 6.45) is 12.1. The predicted octanol–water partition coefficient (Wildman–Crippen LogP) is 5.21. The lowest BCUT2D eigenvalue weighted by Crippen LogP contribution is -2.14. The van der Waals surface area contributed by atoms with Gasteiger partial charge in [0.05, 0.1) is 11.4 Å². The molecule has 30 heavy (non-hydrogen) atoms. The lowest BCUT2D eigenvalue weighted by atomic mass is 10.1. The zero-order chi connectivity index (χ0) is 22.0. The van der Waals surface area contributed by atoms with Crippen LogP contribution in [0.5, 0.6) is 0 Å². The van der Waals surface area contributed by atoms with Crippen LogP contribution in [-0.2, 0) is 11.2 Å². The van der Waals surface area contributed by atoms with E-state index in [0.29, 0.717) is 0 Å². The molecule has 0 atom stereocenters. The van der Waals surface area contributed by atoms with Gasteiger partial charge in [-0.25, -0.2) is 5.48 Å². The first-order valence-electron chi connectivity index (χ1n) is 9.76. The summed E-state index contributed by atoms with van der Waals surface area (Å²) in [6.45, 7) is 7.81. The highest BCUT2D eigenvalue weighted by atomic mass is 16.5. The van der Waals surface area contributed by atoms with Crippen molar-refractivity contribution in [1.29, 1.82) is 0 Å². The Morgan fingerprint density at radius 2 is 1.73 bits per heavy atom. The van der Waals surface area contributed by atoms with E-state index < -0.39 is 5.91 Å². The van der Waals surface area contributed by atoms with E-state index in [1.807, 2.05) is 43.5 Å². The maximum absolute atomic E-state index is 11.0. The normalized spacial score (nSPS) is 10.2. The highest BCUT2D eigenvalue weighted by Gasteiger charge is 2.02. The topological polar surface area (TPSA) is 73.4 Å². The largest absolute Gasteiger partial charge is 0.386 e. The van der Waals surface area contributed by atoms with Crippen LogP contribution in [0.1, 0.15) is 17.5 Å². The Morgan fingerprint density at radius 3 is 2.33 bits per heavy atom. The average Bonchev–Trinajstić information content (AvgIpc) is 2.80. The first-order chi connectivity index (χ1) is 14.6. The van der Waals surface area contributed by atoms with Gasteiger partial charge in [0.15, 0.2) is 0 Å². The zero-order valence-corrected chi connectivity index (χ0v) is 17.5. The summed E-state index contributed by atoms with van der Waals surface area (Å²) in [7, 11) is 1.86. The van der Waals surface area contributed by atoms with Gasteiger partial charge in [-0.2, -0.15) is 0 Å². The Labute approximate surface area is 179 Å². The van der Waals surface area contributed by atoms with Crippen molar-refractivity contribution in [2.24, 2.45) is 0 Å². The molecule has 0 radical (unpaired) electrons. The molecule has 2 aromatic carbocycles. The molecule has 0 saturated carbocycles. The van der Waals surface area contributed by atoms with Crippen molar-refractivity contribution in [3.8, 4) is 0 Å². The molecule has 0 aliphatic heterocycles. The average molecular weight is 406 g/mol. The van der Waals surface area contributed by atoms with Crippen LogP contribution in [0.15, 0.2) is 92.1 Å². The third-order valence-corrected chi connectivity index (χ3v) is 4.03. The first kappa shape index (κ1) is 24.5. The summed E-state index contributed by atoms with van der Waals surface area (Å²) in [4.78, 5) is 11.0. The van der Waals surface area contributed by atoms with Crippen LogP contribution < -0.4 is 16.1 Å². The van der Waals surface area contributed by atoms with Crippen molar-refractivity contribution < 1.29 is 10.0 Å².